The summed E-state index contributed by atoms with van der Waals surface area (Å²) in [5, 5.41) is 9.71. The monoisotopic (exact) mass is 640 g/mol. The number of piperidine rings is 1. The average molecular weight is 641 g/mol. The molecule has 0 unspecified atom stereocenters. The summed E-state index contributed by atoms with van der Waals surface area (Å²) in [6.07, 6.45) is 10.4. The molecule has 6 rings (SSSR count). The maximum Gasteiger partial charge on any atom is 0.342 e. The molecule has 1 aromatic carbocycles. The van der Waals surface area contributed by atoms with Crippen LogP contribution in [0.15, 0.2) is 24.4 Å². The molecule has 0 radical (unpaired) electrons. The predicted molar refractivity (Wildman–Crippen MR) is 173 cm³/mol. The molecule has 0 spiro atoms. The van der Waals surface area contributed by atoms with Crippen molar-refractivity contribution < 1.29 is 23.1 Å². The molecule has 13 heteroatoms. The van der Waals surface area contributed by atoms with Gasteiger partial charge >= 0.3 is 5.92 Å². The van der Waals surface area contributed by atoms with E-state index in [0.29, 0.717) is 28.9 Å². The Morgan fingerprint density at radius 2 is 1.91 bits per heavy atom. The summed E-state index contributed by atoms with van der Waals surface area (Å²) in [6.45, 7) is 2.61. The molecule has 0 bridgehead atoms. The van der Waals surface area contributed by atoms with Crippen molar-refractivity contribution in [1.29, 1.82) is 0 Å². The van der Waals surface area contributed by atoms with Crippen molar-refractivity contribution in [2.75, 3.05) is 62.5 Å². The van der Waals surface area contributed by atoms with E-state index in [4.69, 9.17) is 4.74 Å². The van der Waals surface area contributed by atoms with E-state index in [1.54, 1.807) is 23.1 Å². The number of hydrogen-bond donors (Lipinski definition) is 3. The predicted octanol–water partition coefficient (Wildman–Crippen LogP) is 4.17. The fraction of sp³-hybridized carbons (Fsp3) is 0.636. The van der Waals surface area contributed by atoms with E-state index in [0.717, 1.165) is 69.0 Å². The molecule has 250 valence electrons. The number of hydrogen-bond acceptors (Lipinski definition) is 9. The third-order valence-electron chi connectivity index (χ3n) is 10.3. The molecule has 4 aliphatic rings. The van der Waals surface area contributed by atoms with Gasteiger partial charge in [0.15, 0.2) is 5.82 Å². The van der Waals surface area contributed by atoms with Gasteiger partial charge in [-0.3, -0.25) is 9.59 Å². The van der Waals surface area contributed by atoms with Crippen LogP contribution >= 0.6 is 0 Å². The lowest BCUT2D eigenvalue weighted by atomic mass is 9.85. The van der Waals surface area contributed by atoms with Gasteiger partial charge in [0.1, 0.15) is 11.4 Å². The first-order valence-corrected chi connectivity index (χ1v) is 16.6. The Balaban J connectivity index is 1.09. The highest BCUT2D eigenvalue weighted by atomic mass is 19.3. The second kappa shape index (κ2) is 13.6. The third kappa shape index (κ3) is 6.90. The highest BCUT2D eigenvalue weighted by Crippen LogP contribution is 2.40. The topological polar surface area (TPSA) is 115 Å². The largest absolute Gasteiger partial charge is 0.495 e. The minimum absolute atomic E-state index is 0.135. The maximum atomic E-state index is 14.9. The molecule has 3 N–H and O–H groups in total. The Bertz CT molecular complexity index is 1410. The van der Waals surface area contributed by atoms with E-state index in [1.807, 2.05) is 0 Å². The van der Waals surface area contributed by atoms with Gasteiger partial charge in [-0.05, 0) is 95.7 Å². The Labute approximate surface area is 269 Å². The van der Waals surface area contributed by atoms with Gasteiger partial charge in [-0.1, -0.05) is 12.8 Å². The molecule has 1 saturated heterocycles. The summed E-state index contributed by atoms with van der Waals surface area (Å²) in [6, 6.07) is 5.59. The second-order valence-corrected chi connectivity index (χ2v) is 13.3. The number of alkyl halides is 2. The van der Waals surface area contributed by atoms with E-state index >= 15 is 0 Å². The molecule has 1 aromatic heterocycles. The van der Waals surface area contributed by atoms with E-state index < -0.39 is 18.4 Å². The van der Waals surface area contributed by atoms with Gasteiger partial charge in [0, 0.05) is 30.7 Å². The summed E-state index contributed by atoms with van der Waals surface area (Å²) in [5.41, 5.74) is 1.24. The van der Waals surface area contributed by atoms with Crippen LogP contribution in [0.3, 0.4) is 0 Å². The number of rotatable bonds is 10. The number of nitrogens with zero attached hydrogens (tertiary/aromatic N) is 5. The van der Waals surface area contributed by atoms with Gasteiger partial charge in [0.05, 0.1) is 25.5 Å². The van der Waals surface area contributed by atoms with E-state index in [2.05, 4.69) is 37.9 Å². The van der Waals surface area contributed by atoms with Crippen molar-refractivity contribution >= 4 is 35.0 Å². The van der Waals surface area contributed by atoms with E-state index in [-0.39, 0.29) is 29.6 Å². The van der Waals surface area contributed by atoms with Crippen molar-refractivity contribution in [1.82, 2.24) is 25.5 Å². The van der Waals surface area contributed by atoms with Crippen LogP contribution in [0.25, 0.3) is 0 Å². The van der Waals surface area contributed by atoms with Gasteiger partial charge < -0.3 is 35.4 Å². The molecule has 3 heterocycles. The van der Waals surface area contributed by atoms with Crippen molar-refractivity contribution in [3.63, 3.8) is 0 Å². The number of halogens is 2. The van der Waals surface area contributed by atoms with Crippen molar-refractivity contribution in [3.8, 4) is 5.75 Å². The summed E-state index contributed by atoms with van der Waals surface area (Å²) >= 11 is 0. The van der Waals surface area contributed by atoms with Crippen LogP contribution in [0.1, 0.15) is 68.1 Å². The molecule has 11 nitrogen and oxygen atoms in total. The Morgan fingerprint density at radius 3 is 2.63 bits per heavy atom. The Hall–Kier alpha value is -3.58. The van der Waals surface area contributed by atoms with Crippen molar-refractivity contribution in [2.24, 2.45) is 5.92 Å². The standard InChI is InChI=1S/C33H46F2N8O3/c1-41(15-12-21-10-13-36-14-11-21)25-17-23(18-25)38-30(44)22-8-9-26(28(16-22)46-3)39-32-37-19-27-29(40-32)43(24-6-4-5-7-24)20-33(34,35)31(45)42(27)2/h8-9,16,19,21,23-25,36H,4-7,10-15,17-18,20H2,1-3H3,(H,38,44)(H,37,39,40). The first kappa shape index (κ1) is 32.4. The zero-order valence-corrected chi connectivity index (χ0v) is 27.0. The molecule has 46 heavy (non-hydrogen) atoms. The quantitative estimate of drug-likeness (QED) is 0.352. The molecular formula is C33H46F2N8O3. The number of methoxy groups -OCH3 is 1. The molecule has 2 amide bonds. The highest BCUT2D eigenvalue weighted by Gasteiger charge is 2.48. The molecule has 2 aliphatic heterocycles. The number of carbonyl (C=O) groups excluding carboxylic acids is 2. The Morgan fingerprint density at radius 1 is 1.17 bits per heavy atom. The SMILES string of the molecule is COc1cc(C(=O)NC2CC(N(C)CCC3CCNCC3)C2)ccc1Nc1ncc2c(n1)N(C1CCCC1)CC(F)(F)C(=O)N2C. The molecule has 2 aliphatic carbocycles. The van der Waals surface area contributed by atoms with Crippen LogP contribution in [0, 0.1) is 5.92 Å². The van der Waals surface area contributed by atoms with Gasteiger partial charge in [-0.15, -0.1) is 0 Å². The fourth-order valence-corrected chi connectivity index (χ4v) is 7.23. The third-order valence-corrected chi connectivity index (χ3v) is 10.3. The van der Waals surface area contributed by atoms with Gasteiger partial charge in [-0.25, -0.2) is 4.98 Å². The lowest BCUT2D eigenvalue weighted by molar-refractivity contribution is -0.140. The normalized spacial score (nSPS) is 23.6. The van der Waals surface area contributed by atoms with Crippen LogP contribution in [-0.4, -0.2) is 98.1 Å². The van der Waals surface area contributed by atoms with Crippen LogP contribution in [0.5, 0.6) is 5.75 Å². The number of benzene rings is 1. The summed E-state index contributed by atoms with van der Waals surface area (Å²) < 4.78 is 35.5. The number of carbonyl (C=O) groups is 2. The zero-order valence-electron chi connectivity index (χ0n) is 27.0. The maximum absolute atomic E-state index is 14.9. The first-order chi connectivity index (χ1) is 22.1. The molecule has 0 atom stereocenters. The highest BCUT2D eigenvalue weighted by molar-refractivity contribution is 6.02. The van der Waals surface area contributed by atoms with Crippen molar-refractivity contribution in [2.45, 2.75) is 81.8 Å². The minimum atomic E-state index is -3.55. The fourth-order valence-electron chi connectivity index (χ4n) is 7.23. The minimum Gasteiger partial charge on any atom is -0.495 e. The summed E-state index contributed by atoms with van der Waals surface area (Å²) in [7, 11) is 5.03. The smallest absolute Gasteiger partial charge is 0.342 e. The van der Waals surface area contributed by atoms with Crippen LogP contribution in [0.4, 0.5) is 31.9 Å². The number of fused-ring (bicyclic) bond motifs is 1. The summed E-state index contributed by atoms with van der Waals surface area (Å²) in [5.74, 6) is -3.28. The van der Waals surface area contributed by atoms with Crippen molar-refractivity contribution in [3.05, 3.63) is 30.0 Å². The molecular weight excluding hydrogens is 594 g/mol. The van der Waals surface area contributed by atoms with E-state index in [1.165, 1.54) is 39.6 Å². The lowest BCUT2D eigenvalue weighted by Gasteiger charge is -2.42. The number of aromatic nitrogens is 2. The van der Waals surface area contributed by atoms with Gasteiger partial charge in [0.25, 0.3) is 11.8 Å². The number of amides is 2. The molecule has 3 fully saturated rings. The zero-order chi connectivity index (χ0) is 32.4. The first-order valence-electron chi connectivity index (χ1n) is 16.6. The van der Waals surface area contributed by atoms with Crippen LogP contribution < -0.4 is 30.5 Å². The molecule has 2 saturated carbocycles. The van der Waals surface area contributed by atoms with E-state index in [9.17, 15) is 18.4 Å². The number of ether oxygens (including phenoxy) is 1. The number of anilines is 4. The van der Waals surface area contributed by atoms with Crippen LogP contribution in [-0.2, 0) is 4.79 Å². The number of nitrogens with one attached hydrogen (secondary N) is 3. The summed E-state index contributed by atoms with van der Waals surface area (Å²) in [4.78, 5) is 39.6. The average Bonchev–Trinajstić information content (AvgIpc) is 3.57. The Kier molecular flexibility index (Phi) is 9.60. The molecule has 2 aromatic rings. The second-order valence-electron chi connectivity index (χ2n) is 13.3. The van der Waals surface area contributed by atoms with Gasteiger partial charge in [-0.2, -0.15) is 13.8 Å². The lowest BCUT2D eigenvalue weighted by Crippen LogP contribution is -2.53. The van der Waals surface area contributed by atoms with Gasteiger partial charge in [0.2, 0.25) is 5.95 Å². The van der Waals surface area contributed by atoms with Crippen LogP contribution in [0.2, 0.25) is 0 Å².